The smallest absolute Gasteiger partial charge is 0.306 e. The zero-order chi connectivity index (χ0) is 43.1. The molecule has 1 atom stereocenters. The van der Waals surface area contributed by atoms with Gasteiger partial charge in [-0.1, -0.05) is 259 Å². The first-order chi connectivity index (χ1) is 28.9. The minimum Gasteiger partial charge on any atom is -0.462 e. The fourth-order valence-corrected chi connectivity index (χ4v) is 8.04. The number of unbranched alkanes of at least 4 members (excludes halogenated alkanes) is 35. The molecule has 0 unspecified atom stereocenters. The number of ether oxygens (including phenoxy) is 3. The summed E-state index contributed by atoms with van der Waals surface area (Å²) in [6, 6.07) is 0. The SMILES string of the molecule is CCCCCCCCCCCCCCCCCC(=O)OC[C@H](COC(=O)CCCCCCCCCCCC)OC(=O)CCCCCCCCCCCCCCCC(C)C. The van der Waals surface area contributed by atoms with Crippen LogP contribution in [0.15, 0.2) is 0 Å². The van der Waals surface area contributed by atoms with Crippen molar-refractivity contribution in [2.24, 2.45) is 5.92 Å². The van der Waals surface area contributed by atoms with Crippen molar-refractivity contribution >= 4 is 17.9 Å². The Kier molecular flexibility index (Phi) is 46.2. The summed E-state index contributed by atoms with van der Waals surface area (Å²) in [7, 11) is 0. The van der Waals surface area contributed by atoms with Crippen LogP contribution in [-0.4, -0.2) is 37.2 Å². The van der Waals surface area contributed by atoms with Crippen LogP contribution in [0, 0.1) is 5.92 Å². The molecular formula is C53H102O6. The van der Waals surface area contributed by atoms with Gasteiger partial charge in [-0.2, -0.15) is 0 Å². The molecule has 0 bridgehead atoms. The van der Waals surface area contributed by atoms with Gasteiger partial charge in [0.2, 0.25) is 0 Å². The molecule has 0 aliphatic rings. The van der Waals surface area contributed by atoms with Crippen LogP contribution in [0.3, 0.4) is 0 Å². The minimum atomic E-state index is -0.760. The summed E-state index contributed by atoms with van der Waals surface area (Å²) in [6.45, 7) is 9.03. The van der Waals surface area contributed by atoms with Gasteiger partial charge in [0, 0.05) is 19.3 Å². The summed E-state index contributed by atoms with van der Waals surface area (Å²) in [5.74, 6) is -0.00550. The maximum absolute atomic E-state index is 12.8. The second-order valence-corrected chi connectivity index (χ2v) is 18.6. The molecule has 0 aromatic heterocycles. The van der Waals surface area contributed by atoms with Crippen molar-refractivity contribution in [3.8, 4) is 0 Å². The third-order valence-corrected chi connectivity index (χ3v) is 12.0. The van der Waals surface area contributed by atoms with Crippen LogP contribution in [0.5, 0.6) is 0 Å². The fourth-order valence-electron chi connectivity index (χ4n) is 8.04. The van der Waals surface area contributed by atoms with Gasteiger partial charge in [0.05, 0.1) is 0 Å². The molecule has 0 N–H and O–H groups in total. The van der Waals surface area contributed by atoms with Crippen molar-refractivity contribution < 1.29 is 28.6 Å². The highest BCUT2D eigenvalue weighted by atomic mass is 16.6. The normalized spacial score (nSPS) is 11.9. The molecule has 0 heterocycles. The Hall–Kier alpha value is -1.59. The maximum atomic E-state index is 12.8. The van der Waals surface area contributed by atoms with Crippen LogP contribution >= 0.6 is 0 Å². The molecule has 6 nitrogen and oxygen atoms in total. The van der Waals surface area contributed by atoms with Crippen LogP contribution in [0.25, 0.3) is 0 Å². The molecule has 0 amide bonds. The van der Waals surface area contributed by atoms with E-state index in [1.54, 1.807) is 0 Å². The van der Waals surface area contributed by atoms with E-state index in [9.17, 15) is 14.4 Å². The molecule has 0 aliphatic heterocycles. The molecular weight excluding hydrogens is 733 g/mol. The van der Waals surface area contributed by atoms with Crippen LogP contribution in [0.2, 0.25) is 0 Å². The van der Waals surface area contributed by atoms with Crippen molar-refractivity contribution in [3.05, 3.63) is 0 Å². The number of rotatable bonds is 48. The predicted octanol–water partition coefficient (Wildman–Crippen LogP) is 17.1. The standard InChI is InChI=1S/C53H102O6/c1-5-7-9-11-13-15-17-18-19-22-25-29-33-37-41-45-52(55)58-48-50(47-57-51(54)44-40-36-32-28-16-14-12-10-8-6-2)59-53(56)46-42-38-34-30-26-23-20-21-24-27-31-35-39-43-49(3)4/h49-50H,5-48H2,1-4H3/t50-/m0/s1. The molecule has 59 heavy (non-hydrogen) atoms. The van der Waals surface area contributed by atoms with Gasteiger partial charge in [0.1, 0.15) is 13.2 Å². The Morgan fingerprint density at radius 3 is 0.831 bits per heavy atom. The molecule has 0 saturated heterocycles. The van der Waals surface area contributed by atoms with E-state index in [4.69, 9.17) is 14.2 Å². The molecule has 0 fully saturated rings. The molecule has 0 radical (unpaired) electrons. The summed E-state index contributed by atoms with van der Waals surface area (Å²) in [5, 5.41) is 0. The quantitative estimate of drug-likeness (QED) is 0.0345. The van der Waals surface area contributed by atoms with E-state index in [2.05, 4.69) is 27.7 Å². The Balaban J connectivity index is 4.28. The third-order valence-electron chi connectivity index (χ3n) is 12.0. The van der Waals surface area contributed by atoms with Crippen molar-refractivity contribution in [1.29, 1.82) is 0 Å². The van der Waals surface area contributed by atoms with E-state index < -0.39 is 6.10 Å². The van der Waals surface area contributed by atoms with E-state index in [-0.39, 0.29) is 31.1 Å². The van der Waals surface area contributed by atoms with Crippen LogP contribution < -0.4 is 0 Å². The average molecular weight is 835 g/mol. The van der Waals surface area contributed by atoms with Crippen molar-refractivity contribution in [3.63, 3.8) is 0 Å². The molecule has 350 valence electrons. The van der Waals surface area contributed by atoms with Crippen molar-refractivity contribution in [2.45, 2.75) is 303 Å². The first kappa shape index (κ1) is 57.4. The highest BCUT2D eigenvalue weighted by molar-refractivity contribution is 5.71. The molecule has 0 spiro atoms. The first-order valence-corrected chi connectivity index (χ1v) is 26.4. The number of carbonyl (C=O) groups excluding carboxylic acids is 3. The maximum Gasteiger partial charge on any atom is 0.306 e. The summed E-state index contributed by atoms with van der Waals surface area (Å²) < 4.78 is 16.8. The lowest BCUT2D eigenvalue weighted by molar-refractivity contribution is -0.167. The monoisotopic (exact) mass is 835 g/mol. The number of carbonyl (C=O) groups is 3. The van der Waals surface area contributed by atoms with Gasteiger partial charge in [-0.3, -0.25) is 14.4 Å². The lowest BCUT2D eigenvalue weighted by atomic mass is 10.0. The Morgan fingerprint density at radius 2 is 0.559 bits per heavy atom. The molecule has 0 rings (SSSR count). The lowest BCUT2D eigenvalue weighted by Crippen LogP contribution is -2.30. The van der Waals surface area contributed by atoms with E-state index in [0.717, 1.165) is 63.7 Å². The fraction of sp³-hybridized carbons (Fsp3) is 0.943. The number of esters is 3. The lowest BCUT2D eigenvalue weighted by Gasteiger charge is -2.18. The largest absolute Gasteiger partial charge is 0.462 e. The Bertz CT molecular complexity index is 887. The van der Waals surface area contributed by atoms with Gasteiger partial charge in [-0.15, -0.1) is 0 Å². The Morgan fingerprint density at radius 1 is 0.322 bits per heavy atom. The molecule has 0 aromatic carbocycles. The van der Waals surface area contributed by atoms with E-state index in [0.29, 0.717) is 19.3 Å². The third kappa shape index (κ3) is 47.3. The number of hydrogen-bond donors (Lipinski definition) is 0. The van der Waals surface area contributed by atoms with E-state index >= 15 is 0 Å². The second kappa shape index (κ2) is 47.5. The van der Waals surface area contributed by atoms with Gasteiger partial charge in [-0.05, 0) is 25.2 Å². The molecule has 6 heteroatoms. The van der Waals surface area contributed by atoms with Crippen LogP contribution in [0.1, 0.15) is 297 Å². The zero-order valence-corrected chi connectivity index (χ0v) is 40.2. The van der Waals surface area contributed by atoms with Crippen LogP contribution in [-0.2, 0) is 28.6 Å². The van der Waals surface area contributed by atoms with Crippen molar-refractivity contribution in [2.75, 3.05) is 13.2 Å². The summed E-state index contributed by atoms with van der Waals surface area (Å²) in [6.07, 6.45) is 49.4. The average Bonchev–Trinajstić information content (AvgIpc) is 3.22. The summed E-state index contributed by atoms with van der Waals surface area (Å²) >= 11 is 0. The highest BCUT2D eigenvalue weighted by Gasteiger charge is 2.19. The van der Waals surface area contributed by atoms with Gasteiger partial charge < -0.3 is 14.2 Å². The highest BCUT2D eigenvalue weighted by Crippen LogP contribution is 2.17. The molecule has 0 aromatic rings. The van der Waals surface area contributed by atoms with E-state index in [1.165, 1.54) is 193 Å². The van der Waals surface area contributed by atoms with Crippen molar-refractivity contribution in [1.82, 2.24) is 0 Å². The number of hydrogen-bond acceptors (Lipinski definition) is 6. The van der Waals surface area contributed by atoms with Gasteiger partial charge in [0.15, 0.2) is 6.10 Å². The van der Waals surface area contributed by atoms with E-state index in [1.807, 2.05) is 0 Å². The second-order valence-electron chi connectivity index (χ2n) is 18.6. The summed E-state index contributed by atoms with van der Waals surface area (Å²) in [5.41, 5.74) is 0. The molecule has 0 saturated carbocycles. The van der Waals surface area contributed by atoms with Crippen LogP contribution in [0.4, 0.5) is 0 Å². The zero-order valence-electron chi connectivity index (χ0n) is 40.2. The first-order valence-electron chi connectivity index (χ1n) is 26.4. The predicted molar refractivity (Wildman–Crippen MR) is 252 cm³/mol. The Labute approximate surface area is 368 Å². The van der Waals surface area contributed by atoms with Gasteiger partial charge >= 0.3 is 17.9 Å². The topological polar surface area (TPSA) is 78.9 Å². The summed E-state index contributed by atoms with van der Waals surface area (Å²) in [4.78, 5) is 37.9. The minimum absolute atomic E-state index is 0.0625. The molecule has 0 aliphatic carbocycles. The van der Waals surface area contributed by atoms with Gasteiger partial charge in [-0.25, -0.2) is 0 Å². The van der Waals surface area contributed by atoms with Gasteiger partial charge in [0.25, 0.3) is 0 Å².